The van der Waals surface area contributed by atoms with Crippen LogP contribution in [0.3, 0.4) is 0 Å². The predicted octanol–water partition coefficient (Wildman–Crippen LogP) is 1.60. The monoisotopic (exact) mass is 245 g/mol. The van der Waals surface area contributed by atoms with Gasteiger partial charge in [0.2, 0.25) is 5.88 Å². The van der Waals surface area contributed by atoms with E-state index in [-0.39, 0.29) is 0 Å². The molecule has 0 amide bonds. The van der Waals surface area contributed by atoms with E-state index in [1.54, 1.807) is 0 Å². The Hall–Kier alpha value is -1.88. The first-order chi connectivity index (χ1) is 8.83. The van der Waals surface area contributed by atoms with E-state index in [1.807, 2.05) is 13.0 Å². The van der Waals surface area contributed by atoms with E-state index in [2.05, 4.69) is 21.4 Å². The van der Waals surface area contributed by atoms with Crippen molar-refractivity contribution >= 4 is 0 Å². The second kappa shape index (κ2) is 4.78. The van der Waals surface area contributed by atoms with Gasteiger partial charge in [-0.05, 0) is 12.5 Å². The van der Waals surface area contributed by atoms with Crippen LogP contribution >= 0.6 is 0 Å². The third-order valence-electron chi connectivity index (χ3n) is 3.09. The third-order valence-corrected chi connectivity index (χ3v) is 3.09. The number of aryl methyl sites for hydroxylation is 1. The molecule has 2 aromatic heterocycles. The van der Waals surface area contributed by atoms with Gasteiger partial charge in [0.05, 0.1) is 11.4 Å². The van der Waals surface area contributed by atoms with Gasteiger partial charge in [-0.2, -0.15) is 0 Å². The number of oxazole rings is 1. The van der Waals surface area contributed by atoms with Gasteiger partial charge in [-0.1, -0.05) is 6.07 Å². The maximum absolute atomic E-state index is 5.63. The Morgan fingerprint density at radius 1 is 1.44 bits per heavy atom. The number of nitrogens with one attached hydrogen (secondary N) is 1. The predicted molar refractivity (Wildman–Crippen MR) is 65.2 cm³/mol. The van der Waals surface area contributed by atoms with Gasteiger partial charge in [0.15, 0.2) is 12.2 Å². The molecular formula is C13H15N3O2. The number of nitrogens with zero attached hydrogens (tertiary/aromatic N) is 2. The first-order valence-electron chi connectivity index (χ1n) is 6.04. The number of ether oxygens (including phenoxy) is 1. The number of hydrogen-bond acceptors (Lipinski definition) is 5. The molecule has 18 heavy (non-hydrogen) atoms. The average molecular weight is 245 g/mol. The molecule has 3 heterocycles. The lowest BCUT2D eigenvalue weighted by Crippen LogP contribution is -2.24. The van der Waals surface area contributed by atoms with Gasteiger partial charge in [0.1, 0.15) is 6.61 Å². The fourth-order valence-corrected chi connectivity index (χ4v) is 2.00. The van der Waals surface area contributed by atoms with E-state index in [0.29, 0.717) is 12.5 Å². The highest BCUT2D eigenvalue weighted by Gasteiger charge is 2.11. The summed E-state index contributed by atoms with van der Waals surface area (Å²) in [6.45, 7) is 4.14. The van der Waals surface area contributed by atoms with E-state index < -0.39 is 0 Å². The van der Waals surface area contributed by atoms with Gasteiger partial charge in [-0.15, -0.1) is 0 Å². The first-order valence-corrected chi connectivity index (χ1v) is 6.04. The Morgan fingerprint density at radius 3 is 3.22 bits per heavy atom. The topological polar surface area (TPSA) is 60.2 Å². The van der Waals surface area contributed by atoms with Crippen LogP contribution in [0.4, 0.5) is 0 Å². The number of pyridine rings is 1. The maximum atomic E-state index is 5.63. The zero-order valence-corrected chi connectivity index (χ0v) is 10.3. The zero-order chi connectivity index (χ0) is 12.4. The normalized spacial score (nSPS) is 14.3. The number of aromatic nitrogens is 2. The van der Waals surface area contributed by atoms with Gasteiger partial charge in [-0.3, -0.25) is 0 Å². The van der Waals surface area contributed by atoms with E-state index >= 15 is 0 Å². The van der Waals surface area contributed by atoms with Crippen molar-refractivity contribution in [3.05, 3.63) is 41.2 Å². The summed E-state index contributed by atoms with van der Waals surface area (Å²) < 4.78 is 10.9. The second-order valence-electron chi connectivity index (χ2n) is 4.33. The van der Waals surface area contributed by atoms with Crippen LogP contribution in [-0.2, 0) is 19.6 Å². The minimum atomic E-state index is 0.371. The summed E-state index contributed by atoms with van der Waals surface area (Å²) in [5, 5.41) is 3.32. The quantitative estimate of drug-likeness (QED) is 0.890. The van der Waals surface area contributed by atoms with E-state index in [0.717, 1.165) is 36.7 Å². The van der Waals surface area contributed by atoms with Crippen molar-refractivity contribution in [2.45, 2.75) is 26.5 Å². The first kappa shape index (κ1) is 11.2. The minimum absolute atomic E-state index is 0.371. The smallest absolute Gasteiger partial charge is 0.213 e. The van der Waals surface area contributed by atoms with Gasteiger partial charge in [-0.25, -0.2) is 9.97 Å². The largest absolute Gasteiger partial charge is 0.469 e. The molecule has 0 atom stereocenters. The molecule has 0 spiro atoms. The molecule has 0 saturated heterocycles. The van der Waals surface area contributed by atoms with Crippen molar-refractivity contribution in [2.75, 3.05) is 6.54 Å². The molecule has 2 aromatic rings. The summed E-state index contributed by atoms with van der Waals surface area (Å²) in [5.41, 5.74) is 3.24. The molecule has 1 aliphatic rings. The van der Waals surface area contributed by atoms with Crippen LogP contribution in [0.5, 0.6) is 5.88 Å². The Bertz CT molecular complexity index is 551. The highest BCUT2D eigenvalue weighted by Crippen LogP contribution is 2.17. The molecule has 5 nitrogen and oxygen atoms in total. The van der Waals surface area contributed by atoms with E-state index in [9.17, 15) is 0 Å². The Balaban J connectivity index is 1.71. The molecule has 5 heteroatoms. The van der Waals surface area contributed by atoms with Crippen LogP contribution in [0.15, 0.2) is 22.9 Å². The molecule has 3 rings (SSSR count). The number of fused-ring (bicyclic) bond motifs is 1. The van der Waals surface area contributed by atoms with Crippen LogP contribution in [0, 0.1) is 6.92 Å². The molecule has 0 bridgehead atoms. The number of hydrogen-bond donors (Lipinski definition) is 1. The minimum Gasteiger partial charge on any atom is -0.469 e. The van der Waals surface area contributed by atoms with Crippen molar-refractivity contribution in [1.29, 1.82) is 0 Å². The van der Waals surface area contributed by atoms with Crippen LogP contribution in [-0.4, -0.2) is 16.5 Å². The molecule has 1 N–H and O–H groups in total. The maximum Gasteiger partial charge on any atom is 0.213 e. The summed E-state index contributed by atoms with van der Waals surface area (Å²) >= 11 is 0. The van der Waals surface area contributed by atoms with Crippen molar-refractivity contribution in [2.24, 2.45) is 0 Å². The summed E-state index contributed by atoms with van der Waals surface area (Å²) in [4.78, 5) is 8.54. The van der Waals surface area contributed by atoms with Crippen molar-refractivity contribution < 1.29 is 9.15 Å². The summed E-state index contributed by atoms with van der Waals surface area (Å²) in [6.07, 6.45) is 2.38. The van der Waals surface area contributed by atoms with Crippen molar-refractivity contribution in [1.82, 2.24) is 15.3 Å². The third kappa shape index (κ3) is 2.22. The summed E-state index contributed by atoms with van der Waals surface area (Å²) in [5.74, 6) is 1.39. The molecule has 0 fully saturated rings. The van der Waals surface area contributed by atoms with Crippen LogP contribution in [0.1, 0.15) is 22.7 Å². The zero-order valence-electron chi connectivity index (χ0n) is 10.3. The SMILES string of the molecule is Cc1ncoc1COc1ccc2c(n1)CCNC2. The highest BCUT2D eigenvalue weighted by molar-refractivity contribution is 5.27. The van der Waals surface area contributed by atoms with E-state index in [4.69, 9.17) is 9.15 Å². The van der Waals surface area contributed by atoms with Crippen LogP contribution in [0.2, 0.25) is 0 Å². The molecular weight excluding hydrogens is 230 g/mol. The van der Waals surface area contributed by atoms with Crippen molar-refractivity contribution in [3.8, 4) is 5.88 Å². The Morgan fingerprint density at radius 2 is 2.39 bits per heavy atom. The molecule has 94 valence electrons. The Kier molecular flexibility index (Phi) is 2.98. The lowest BCUT2D eigenvalue weighted by molar-refractivity contribution is 0.258. The molecule has 1 aliphatic heterocycles. The lowest BCUT2D eigenvalue weighted by atomic mass is 10.1. The van der Waals surface area contributed by atoms with Gasteiger partial charge >= 0.3 is 0 Å². The van der Waals surface area contributed by atoms with Crippen LogP contribution < -0.4 is 10.1 Å². The van der Waals surface area contributed by atoms with Gasteiger partial charge in [0.25, 0.3) is 0 Å². The van der Waals surface area contributed by atoms with Crippen LogP contribution in [0.25, 0.3) is 0 Å². The van der Waals surface area contributed by atoms with Gasteiger partial charge in [0, 0.05) is 25.6 Å². The standard InChI is InChI=1S/C13H15N3O2/c1-9-12(18-8-15-9)7-17-13-3-2-10-6-14-5-4-11(10)16-13/h2-3,8,14H,4-7H2,1H3. The Labute approximate surface area is 105 Å². The van der Waals surface area contributed by atoms with E-state index in [1.165, 1.54) is 12.0 Å². The lowest BCUT2D eigenvalue weighted by Gasteiger charge is -2.16. The summed E-state index contributed by atoms with van der Waals surface area (Å²) in [6, 6.07) is 3.97. The fourth-order valence-electron chi connectivity index (χ4n) is 2.00. The second-order valence-corrected chi connectivity index (χ2v) is 4.33. The molecule has 0 aliphatic carbocycles. The van der Waals surface area contributed by atoms with Crippen molar-refractivity contribution in [3.63, 3.8) is 0 Å². The molecule has 0 radical (unpaired) electrons. The van der Waals surface area contributed by atoms with Gasteiger partial charge < -0.3 is 14.5 Å². The average Bonchev–Trinajstić information content (AvgIpc) is 2.82. The summed E-state index contributed by atoms with van der Waals surface area (Å²) in [7, 11) is 0. The molecule has 0 saturated carbocycles. The molecule has 0 unspecified atom stereocenters. The number of rotatable bonds is 3. The fraction of sp³-hybridized carbons (Fsp3) is 0.385. The highest BCUT2D eigenvalue weighted by atomic mass is 16.5. The molecule has 0 aromatic carbocycles.